The normalized spacial score (nSPS) is 12.4. The van der Waals surface area contributed by atoms with E-state index in [4.69, 9.17) is 5.10 Å². The molecule has 0 aliphatic heterocycles. The van der Waals surface area contributed by atoms with Crippen molar-refractivity contribution in [3.8, 4) is 0 Å². The van der Waals surface area contributed by atoms with Crippen molar-refractivity contribution in [3.05, 3.63) is 17.0 Å². The molecule has 0 unspecified atom stereocenters. The van der Waals surface area contributed by atoms with Gasteiger partial charge in [0, 0.05) is 11.2 Å². The van der Waals surface area contributed by atoms with Crippen molar-refractivity contribution in [2.45, 2.75) is 79.3 Å². The first-order chi connectivity index (χ1) is 8.80. The number of hydrogen-bond acceptors (Lipinski definition) is 2. The molecule has 1 aromatic heterocycles. The molecule has 3 nitrogen and oxygen atoms in total. The smallest absolute Gasteiger partial charge is 0.0629 e. The molecule has 0 bridgehead atoms. The highest BCUT2D eigenvalue weighted by molar-refractivity contribution is 5.25. The Morgan fingerprint density at radius 1 is 1.16 bits per heavy atom. The van der Waals surface area contributed by atoms with Crippen LogP contribution in [0, 0.1) is 13.8 Å². The van der Waals surface area contributed by atoms with Crippen molar-refractivity contribution in [1.29, 1.82) is 0 Å². The Morgan fingerprint density at radius 3 is 2.21 bits per heavy atom. The fourth-order valence-corrected chi connectivity index (χ4v) is 2.61. The van der Waals surface area contributed by atoms with Crippen LogP contribution in [-0.2, 0) is 6.42 Å². The molecular weight excluding hydrogens is 234 g/mol. The largest absolute Gasteiger partial charge is 0.312 e. The molecule has 1 heterocycles. The second kappa shape index (κ2) is 6.56. The molecule has 0 fully saturated rings. The Kier molecular flexibility index (Phi) is 5.60. The first kappa shape index (κ1) is 16.2. The molecule has 0 aromatic carbocycles. The summed E-state index contributed by atoms with van der Waals surface area (Å²) in [5, 5.41) is 8.31. The molecule has 1 rings (SSSR count). The molecule has 0 aliphatic carbocycles. The highest BCUT2D eigenvalue weighted by atomic mass is 15.3. The maximum absolute atomic E-state index is 4.76. The van der Waals surface area contributed by atoms with Gasteiger partial charge in [0.1, 0.15) is 0 Å². The van der Waals surface area contributed by atoms with Crippen LogP contribution in [0.15, 0.2) is 0 Å². The van der Waals surface area contributed by atoms with Crippen LogP contribution in [-0.4, -0.2) is 21.9 Å². The fourth-order valence-electron chi connectivity index (χ4n) is 2.61. The van der Waals surface area contributed by atoms with Gasteiger partial charge in [0.2, 0.25) is 0 Å². The van der Waals surface area contributed by atoms with E-state index in [0.29, 0.717) is 6.04 Å². The van der Waals surface area contributed by atoms with Gasteiger partial charge < -0.3 is 5.32 Å². The Hall–Kier alpha value is -0.830. The van der Waals surface area contributed by atoms with E-state index < -0.39 is 0 Å². The molecule has 0 atom stereocenters. The van der Waals surface area contributed by atoms with Crippen molar-refractivity contribution in [3.63, 3.8) is 0 Å². The van der Waals surface area contributed by atoms with Crippen LogP contribution in [0.25, 0.3) is 0 Å². The van der Waals surface area contributed by atoms with Gasteiger partial charge in [0.25, 0.3) is 0 Å². The number of nitrogens with one attached hydrogen (secondary N) is 1. The summed E-state index contributed by atoms with van der Waals surface area (Å²) in [6.45, 7) is 16.5. The van der Waals surface area contributed by atoms with Gasteiger partial charge in [-0.1, -0.05) is 13.8 Å². The topological polar surface area (TPSA) is 29.9 Å². The van der Waals surface area contributed by atoms with E-state index in [9.17, 15) is 0 Å². The summed E-state index contributed by atoms with van der Waals surface area (Å²) >= 11 is 0. The van der Waals surface area contributed by atoms with Crippen LogP contribution in [0.5, 0.6) is 0 Å². The molecule has 3 heteroatoms. The Labute approximate surface area is 118 Å². The predicted molar refractivity (Wildman–Crippen MR) is 82.8 cm³/mol. The quantitative estimate of drug-likeness (QED) is 0.848. The minimum atomic E-state index is 0.188. The van der Waals surface area contributed by atoms with Crippen LogP contribution < -0.4 is 5.32 Å². The zero-order valence-corrected chi connectivity index (χ0v) is 13.8. The van der Waals surface area contributed by atoms with E-state index in [2.05, 4.69) is 58.5 Å². The summed E-state index contributed by atoms with van der Waals surface area (Å²) in [5.41, 5.74) is 4.15. The lowest BCUT2D eigenvalue weighted by Gasteiger charge is -2.20. The maximum atomic E-state index is 4.76. The average Bonchev–Trinajstić information content (AvgIpc) is 2.57. The minimum absolute atomic E-state index is 0.188. The van der Waals surface area contributed by atoms with E-state index in [1.165, 1.54) is 17.0 Å². The van der Waals surface area contributed by atoms with Crippen LogP contribution in [0.2, 0.25) is 0 Å². The summed E-state index contributed by atoms with van der Waals surface area (Å²) in [4.78, 5) is 0. The van der Waals surface area contributed by atoms with E-state index in [1.54, 1.807) is 0 Å². The van der Waals surface area contributed by atoms with Crippen LogP contribution in [0.3, 0.4) is 0 Å². The van der Waals surface area contributed by atoms with Gasteiger partial charge in [0.15, 0.2) is 0 Å². The number of aryl methyl sites for hydroxylation is 1. The van der Waals surface area contributed by atoms with Gasteiger partial charge in [-0.05, 0) is 66.0 Å². The molecule has 0 saturated heterocycles. The van der Waals surface area contributed by atoms with E-state index in [0.717, 1.165) is 25.8 Å². The molecular formula is C16H31N3. The van der Waals surface area contributed by atoms with Gasteiger partial charge in [-0.2, -0.15) is 5.10 Å². The second-order valence-electron chi connectivity index (χ2n) is 6.49. The Balaban J connectivity index is 2.80. The summed E-state index contributed by atoms with van der Waals surface area (Å²) in [7, 11) is 0. The second-order valence-corrected chi connectivity index (χ2v) is 6.49. The van der Waals surface area contributed by atoms with Crippen molar-refractivity contribution >= 4 is 0 Å². The van der Waals surface area contributed by atoms with Gasteiger partial charge in [-0.3, -0.25) is 4.68 Å². The average molecular weight is 265 g/mol. The van der Waals surface area contributed by atoms with Crippen LogP contribution in [0.4, 0.5) is 0 Å². The lowest BCUT2D eigenvalue weighted by molar-refractivity contribution is 0.416. The SMILES string of the molecule is CCC(CC)n1nc(C)c(CCNC(C)(C)C)c1C. The third kappa shape index (κ3) is 4.34. The number of nitrogens with zero attached hydrogens (tertiary/aromatic N) is 2. The molecule has 0 aliphatic rings. The van der Waals surface area contributed by atoms with Gasteiger partial charge in [-0.15, -0.1) is 0 Å². The third-order valence-corrected chi connectivity index (χ3v) is 3.79. The molecule has 19 heavy (non-hydrogen) atoms. The van der Waals surface area contributed by atoms with Gasteiger partial charge in [0.05, 0.1) is 11.7 Å². The molecule has 1 aromatic rings. The van der Waals surface area contributed by atoms with Crippen molar-refractivity contribution in [2.75, 3.05) is 6.54 Å². The molecule has 0 saturated carbocycles. The lowest BCUT2D eigenvalue weighted by Crippen LogP contribution is -2.37. The summed E-state index contributed by atoms with van der Waals surface area (Å²) in [6.07, 6.45) is 3.37. The van der Waals surface area contributed by atoms with Crippen molar-refractivity contribution < 1.29 is 0 Å². The van der Waals surface area contributed by atoms with E-state index >= 15 is 0 Å². The zero-order chi connectivity index (χ0) is 14.6. The third-order valence-electron chi connectivity index (χ3n) is 3.79. The van der Waals surface area contributed by atoms with Gasteiger partial charge in [-0.25, -0.2) is 0 Å². The zero-order valence-electron chi connectivity index (χ0n) is 13.8. The van der Waals surface area contributed by atoms with Crippen LogP contribution >= 0.6 is 0 Å². The molecule has 0 amide bonds. The van der Waals surface area contributed by atoms with E-state index in [1.807, 2.05) is 0 Å². The number of aromatic nitrogens is 2. The maximum Gasteiger partial charge on any atom is 0.0629 e. The number of hydrogen-bond donors (Lipinski definition) is 1. The van der Waals surface area contributed by atoms with E-state index in [-0.39, 0.29) is 5.54 Å². The van der Waals surface area contributed by atoms with Crippen molar-refractivity contribution in [2.24, 2.45) is 0 Å². The standard InChI is InChI=1S/C16H31N3/c1-8-14(9-2)19-13(4)15(12(3)18-19)10-11-17-16(5,6)7/h14,17H,8-11H2,1-7H3. The number of rotatable bonds is 6. The van der Waals surface area contributed by atoms with Gasteiger partial charge >= 0.3 is 0 Å². The molecule has 0 spiro atoms. The summed E-state index contributed by atoms with van der Waals surface area (Å²) in [6, 6.07) is 0.544. The first-order valence-electron chi connectivity index (χ1n) is 7.59. The minimum Gasteiger partial charge on any atom is -0.312 e. The highest BCUT2D eigenvalue weighted by Gasteiger charge is 2.17. The first-order valence-corrected chi connectivity index (χ1v) is 7.59. The lowest BCUT2D eigenvalue weighted by atomic mass is 10.1. The predicted octanol–water partition coefficient (Wildman–Crippen LogP) is 3.79. The summed E-state index contributed by atoms with van der Waals surface area (Å²) in [5.74, 6) is 0. The fraction of sp³-hybridized carbons (Fsp3) is 0.812. The Morgan fingerprint density at radius 2 is 1.74 bits per heavy atom. The molecule has 110 valence electrons. The summed E-state index contributed by atoms with van der Waals surface area (Å²) < 4.78 is 2.24. The highest BCUT2D eigenvalue weighted by Crippen LogP contribution is 2.22. The van der Waals surface area contributed by atoms with Crippen LogP contribution in [0.1, 0.15) is 70.5 Å². The monoisotopic (exact) mass is 265 g/mol. The Bertz CT molecular complexity index is 395. The molecule has 0 radical (unpaired) electrons. The molecule has 1 N–H and O–H groups in total. The van der Waals surface area contributed by atoms with Crippen molar-refractivity contribution in [1.82, 2.24) is 15.1 Å².